The van der Waals surface area contributed by atoms with Gasteiger partial charge in [0.2, 0.25) is 0 Å². The molecular weight excluding hydrogens is 176 g/mol. The topological polar surface area (TPSA) is 52.0 Å². The van der Waals surface area contributed by atoms with Gasteiger partial charge in [0, 0.05) is 13.5 Å². The number of nitrogens with zero attached hydrogens (tertiary/aromatic N) is 1. The minimum absolute atomic E-state index is 0.551. The highest BCUT2D eigenvalue weighted by Gasteiger charge is 2.00. The smallest absolute Gasteiger partial charge is 0.192 e. The van der Waals surface area contributed by atoms with Crippen LogP contribution in [0, 0.1) is 6.92 Å². The van der Waals surface area contributed by atoms with Crippen molar-refractivity contribution in [2.24, 2.45) is 5.73 Å². The fourth-order valence-electron chi connectivity index (χ4n) is 1.37. The van der Waals surface area contributed by atoms with Crippen LogP contribution in [-0.2, 0) is 0 Å². The van der Waals surface area contributed by atoms with Crippen LogP contribution in [0.2, 0.25) is 0 Å². The number of aromatic nitrogens is 1. The Labute approximate surface area is 82.2 Å². The molecule has 2 N–H and O–H groups in total. The molecule has 0 radical (unpaired) electrons. The third-order valence-electron chi connectivity index (χ3n) is 1.96. The molecule has 0 aliphatic heterocycles. The molecule has 0 amide bonds. The molecule has 0 aliphatic carbocycles. The zero-order valence-electron chi connectivity index (χ0n) is 8.03. The average molecular weight is 188 g/mol. The summed E-state index contributed by atoms with van der Waals surface area (Å²) in [6, 6.07) is 5.89. The maximum atomic E-state index is 5.37. The molecule has 0 aliphatic rings. The SMILES string of the molecule is Cc1nc2cc(C=CCN)ccc2o1. The fraction of sp³-hybridized carbons (Fsp3) is 0.182. The number of oxazole rings is 1. The number of hydrogen-bond acceptors (Lipinski definition) is 3. The molecule has 2 aromatic rings. The molecule has 14 heavy (non-hydrogen) atoms. The van der Waals surface area contributed by atoms with Gasteiger partial charge < -0.3 is 10.2 Å². The highest BCUT2D eigenvalue weighted by molar-refractivity contribution is 5.76. The first kappa shape index (κ1) is 8.97. The summed E-state index contributed by atoms with van der Waals surface area (Å²) in [6.45, 7) is 2.39. The summed E-state index contributed by atoms with van der Waals surface area (Å²) in [7, 11) is 0. The lowest BCUT2D eigenvalue weighted by Gasteiger charge is -1.91. The predicted molar refractivity (Wildman–Crippen MR) is 56.8 cm³/mol. The second-order valence-electron chi connectivity index (χ2n) is 3.10. The van der Waals surface area contributed by atoms with E-state index in [1.165, 1.54) is 0 Å². The molecule has 0 spiro atoms. The standard InChI is InChI=1S/C11H12N2O/c1-8-13-10-7-9(3-2-6-12)4-5-11(10)14-8/h2-5,7H,6,12H2,1H3. The van der Waals surface area contributed by atoms with Gasteiger partial charge in [0.05, 0.1) is 0 Å². The maximum Gasteiger partial charge on any atom is 0.192 e. The van der Waals surface area contributed by atoms with Gasteiger partial charge >= 0.3 is 0 Å². The van der Waals surface area contributed by atoms with Crippen molar-refractivity contribution in [3.05, 3.63) is 35.7 Å². The minimum atomic E-state index is 0.551. The van der Waals surface area contributed by atoms with E-state index in [1.807, 2.05) is 37.3 Å². The molecule has 2 rings (SSSR count). The van der Waals surface area contributed by atoms with Gasteiger partial charge in [-0.05, 0) is 17.7 Å². The van der Waals surface area contributed by atoms with E-state index in [0.29, 0.717) is 12.4 Å². The highest BCUT2D eigenvalue weighted by Crippen LogP contribution is 2.17. The van der Waals surface area contributed by atoms with Crippen molar-refractivity contribution in [1.82, 2.24) is 4.98 Å². The summed E-state index contributed by atoms with van der Waals surface area (Å²) in [6.07, 6.45) is 3.89. The van der Waals surface area contributed by atoms with Gasteiger partial charge in [0.1, 0.15) is 5.52 Å². The van der Waals surface area contributed by atoms with E-state index in [0.717, 1.165) is 16.7 Å². The molecular formula is C11H12N2O. The number of rotatable bonds is 2. The van der Waals surface area contributed by atoms with E-state index < -0.39 is 0 Å². The summed E-state index contributed by atoms with van der Waals surface area (Å²) >= 11 is 0. The van der Waals surface area contributed by atoms with Crippen LogP contribution >= 0.6 is 0 Å². The van der Waals surface area contributed by atoms with Gasteiger partial charge in [-0.2, -0.15) is 0 Å². The van der Waals surface area contributed by atoms with Crippen LogP contribution < -0.4 is 5.73 Å². The summed E-state index contributed by atoms with van der Waals surface area (Å²) in [5.41, 5.74) is 8.18. The average Bonchev–Trinajstić information content (AvgIpc) is 2.54. The summed E-state index contributed by atoms with van der Waals surface area (Å²) in [5, 5.41) is 0. The molecule has 1 aromatic carbocycles. The molecule has 72 valence electrons. The Morgan fingerprint density at radius 3 is 3.14 bits per heavy atom. The lowest BCUT2D eigenvalue weighted by Crippen LogP contribution is -1.91. The lowest BCUT2D eigenvalue weighted by atomic mass is 10.2. The number of hydrogen-bond donors (Lipinski definition) is 1. The monoisotopic (exact) mass is 188 g/mol. The molecule has 0 atom stereocenters. The number of aryl methyl sites for hydroxylation is 1. The molecule has 0 saturated heterocycles. The van der Waals surface area contributed by atoms with E-state index in [2.05, 4.69) is 4.98 Å². The van der Waals surface area contributed by atoms with Crippen molar-refractivity contribution >= 4 is 17.2 Å². The van der Waals surface area contributed by atoms with Crippen LogP contribution in [0.25, 0.3) is 17.2 Å². The number of benzene rings is 1. The van der Waals surface area contributed by atoms with Crippen LogP contribution in [0.15, 0.2) is 28.7 Å². The van der Waals surface area contributed by atoms with Crippen LogP contribution in [0.3, 0.4) is 0 Å². The Kier molecular flexibility index (Phi) is 2.33. The summed E-state index contributed by atoms with van der Waals surface area (Å²) in [5.74, 6) is 0.694. The molecule has 1 heterocycles. The first-order valence-corrected chi connectivity index (χ1v) is 4.53. The highest BCUT2D eigenvalue weighted by atomic mass is 16.3. The second kappa shape index (κ2) is 3.64. The van der Waals surface area contributed by atoms with Gasteiger partial charge in [-0.25, -0.2) is 4.98 Å². The normalized spacial score (nSPS) is 11.6. The Hall–Kier alpha value is -1.61. The first-order valence-electron chi connectivity index (χ1n) is 4.53. The molecule has 3 nitrogen and oxygen atoms in total. The Bertz CT molecular complexity index is 471. The molecule has 0 bridgehead atoms. The van der Waals surface area contributed by atoms with Crippen molar-refractivity contribution < 1.29 is 4.42 Å². The van der Waals surface area contributed by atoms with Gasteiger partial charge in [0.25, 0.3) is 0 Å². The largest absolute Gasteiger partial charge is 0.441 e. The van der Waals surface area contributed by atoms with Crippen LogP contribution in [0.5, 0.6) is 0 Å². The molecule has 0 saturated carbocycles. The van der Waals surface area contributed by atoms with Crippen LogP contribution in [-0.4, -0.2) is 11.5 Å². The maximum absolute atomic E-state index is 5.37. The van der Waals surface area contributed by atoms with Crippen molar-refractivity contribution in [1.29, 1.82) is 0 Å². The van der Waals surface area contributed by atoms with Crippen LogP contribution in [0.4, 0.5) is 0 Å². The third kappa shape index (κ3) is 1.67. The van der Waals surface area contributed by atoms with Gasteiger partial charge in [-0.1, -0.05) is 18.2 Å². The van der Waals surface area contributed by atoms with E-state index >= 15 is 0 Å². The van der Waals surface area contributed by atoms with Crippen molar-refractivity contribution in [3.63, 3.8) is 0 Å². The number of nitrogens with two attached hydrogens (primary N) is 1. The Morgan fingerprint density at radius 1 is 1.50 bits per heavy atom. The first-order chi connectivity index (χ1) is 6.79. The van der Waals surface area contributed by atoms with Gasteiger partial charge in [-0.15, -0.1) is 0 Å². The summed E-state index contributed by atoms with van der Waals surface area (Å²) in [4.78, 5) is 4.25. The van der Waals surface area contributed by atoms with Crippen LogP contribution in [0.1, 0.15) is 11.5 Å². The third-order valence-corrected chi connectivity index (χ3v) is 1.96. The molecule has 1 aromatic heterocycles. The van der Waals surface area contributed by atoms with Gasteiger partial charge in [-0.3, -0.25) is 0 Å². The minimum Gasteiger partial charge on any atom is -0.441 e. The lowest BCUT2D eigenvalue weighted by molar-refractivity contribution is 0.561. The molecule has 0 unspecified atom stereocenters. The van der Waals surface area contributed by atoms with Crippen molar-refractivity contribution in [2.75, 3.05) is 6.54 Å². The fourth-order valence-corrected chi connectivity index (χ4v) is 1.37. The van der Waals surface area contributed by atoms with E-state index in [4.69, 9.17) is 10.2 Å². The zero-order valence-corrected chi connectivity index (χ0v) is 8.03. The van der Waals surface area contributed by atoms with Crippen molar-refractivity contribution in [2.45, 2.75) is 6.92 Å². The zero-order chi connectivity index (χ0) is 9.97. The Balaban J connectivity index is 2.45. The van der Waals surface area contributed by atoms with E-state index in [1.54, 1.807) is 0 Å². The van der Waals surface area contributed by atoms with E-state index in [9.17, 15) is 0 Å². The second-order valence-corrected chi connectivity index (χ2v) is 3.10. The van der Waals surface area contributed by atoms with Crippen molar-refractivity contribution in [3.8, 4) is 0 Å². The molecule has 3 heteroatoms. The number of fused-ring (bicyclic) bond motifs is 1. The quantitative estimate of drug-likeness (QED) is 0.785. The molecule has 0 fully saturated rings. The van der Waals surface area contributed by atoms with E-state index in [-0.39, 0.29) is 0 Å². The van der Waals surface area contributed by atoms with Gasteiger partial charge in [0.15, 0.2) is 11.5 Å². The summed E-state index contributed by atoms with van der Waals surface area (Å²) < 4.78 is 5.37. The predicted octanol–water partition coefficient (Wildman–Crippen LogP) is 2.11. The Morgan fingerprint density at radius 2 is 2.36 bits per heavy atom.